The SMILES string of the molecule is NC1N=C(c2ccccc2F)c2cccc3c2N(CCO3)C1=O. The van der Waals surface area contributed by atoms with Gasteiger partial charge in [0.25, 0.3) is 5.91 Å². The first-order valence-corrected chi connectivity index (χ1v) is 7.32. The van der Waals surface area contributed by atoms with Crippen LogP contribution in [0.15, 0.2) is 47.5 Å². The first kappa shape index (κ1) is 13.9. The second kappa shape index (κ2) is 5.17. The van der Waals surface area contributed by atoms with Crippen molar-refractivity contribution < 1.29 is 13.9 Å². The van der Waals surface area contributed by atoms with E-state index in [1.54, 1.807) is 41.3 Å². The number of hydrogen-bond acceptors (Lipinski definition) is 4. The molecule has 5 nitrogen and oxygen atoms in total. The molecule has 0 fully saturated rings. The second-order valence-corrected chi connectivity index (χ2v) is 5.39. The van der Waals surface area contributed by atoms with E-state index in [-0.39, 0.29) is 5.91 Å². The van der Waals surface area contributed by atoms with E-state index in [0.717, 1.165) is 0 Å². The number of anilines is 1. The van der Waals surface area contributed by atoms with Crippen molar-refractivity contribution in [2.24, 2.45) is 10.7 Å². The number of halogens is 1. The minimum atomic E-state index is -1.07. The number of ether oxygens (including phenoxy) is 1. The summed E-state index contributed by atoms with van der Waals surface area (Å²) in [6, 6.07) is 11.7. The van der Waals surface area contributed by atoms with Crippen LogP contribution in [0.25, 0.3) is 0 Å². The number of hydrogen-bond donors (Lipinski definition) is 1. The molecule has 0 bridgehead atoms. The van der Waals surface area contributed by atoms with Gasteiger partial charge in [-0.15, -0.1) is 0 Å². The normalized spacial score (nSPS) is 19.6. The van der Waals surface area contributed by atoms with Gasteiger partial charge in [0.1, 0.15) is 18.2 Å². The summed E-state index contributed by atoms with van der Waals surface area (Å²) in [6.07, 6.45) is -1.07. The topological polar surface area (TPSA) is 67.9 Å². The molecule has 2 N–H and O–H groups in total. The van der Waals surface area contributed by atoms with E-state index >= 15 is 0 Å². The summed E-state index contributed by atoms with van der Waals surface area (Å²) in [5, 5.41) is 0. The summed E-state index contributed by atoms with van der Waals surface area (Å²) in [5.41, 5.74) is 7.88. The lowest BCUT2D eigenvalue weighted by atomic mass is 9.99. The molecule has 2 aromatic rings. The van der Waals surface area contributed by atoms with Crippen LogP contribution < -0.4 is 15.4 Å². The average molecular weight is 311 g/mol. The average Bonchev–Trinajstić information content (AvgIpc) is 2.68. The van der Waals surface area contributed by atoms with Crippen LogP contribution in [0, 0.1) is 5.82 Å². The third-order valence-corrected chi connectivity index (χ3v) is 4.01. The molecule has 0 saturated carbocycles. The predicted molar refractivity (Wildman–Crippen MR) is 84.3 cm³/mol. The molecule has 0 aromatic heterocycles. The van der Waals surface area contributed by atoms with Crippen LogP contribution >= 0.6 is 0 Å². The Balaban J connectivity index is 2.01. The lowest BCUT2D eigenvalue weighted by Crippen LogP contribution is -2.45. The third kappa shape index (κ3) is 2.10. The van der Waals surface area contributed by atoms with Crippen LogP contribution in [0.3, 0.4) is 0 Å². The monoisotopic (exact) mass is 311 g/mol. The minimum absolute atomic E-state index is 0.312. The molecule has 23 heavy (non-hydrogen) atoms. The molecular weight excluding hydrogens is 297 g/mol. The number of carbonyl (C=O) groups is 1. The van der Waals surface area contributed by atoms with Gasteiger partial charge in [-0.05, 0) is 18.2 Å². The molecule has 1 atom stereocenters. The molecule has 1 unspecified atom stereocenters. The van der Waals surface area contributed by atoms with E-state index < -0.39 is 12.0 Å². The molecule has 6 heteroatoms. The maximum absolute atomic E-state index is 14.3. The fourth-order valence-corrected chi connectivity index (χ4v) is 2.98. The second-order valence-electron chi connectivity index (χ2n) is 5.39. The molecule has 2 aliphatic rings. The van der Waals surface area contributed by atoms with Crippen LogP contribution in [0.5, 0.6) is 5.75 Å². The Morgan fingerprint density at radius 2 is 1.96 bits per heavy atom. The highest BCUT2D eigenvalue weighted by molar-refractivity contribution is 6.21. The molecule has 0 radical (unpaired) electrons. The van der Waals surface area contributed by atoms with E-state index in [0.29, 0.717) is 41.4 Å². The number of carbonyl (C=O) groups excluding carboxylic acids is 1. The summed E-state index contributed by atoms with van der Waals surface area (Å²) in [4.78, 5) is 18.4. The van der Waals surface area contributed by atoms with Gasteiger partial charge in [0.05, 0.1) is 17.9 Å². The molecule has 116 valence electrons. The zero-order valence-corrected chi connectivity index (χ0v) is 12.2. The minimum Gasteiger partial charge on any atom is -0.490 e. The number of nitrogens with two attached hydrogens (primary N) is 1. The van der Waals surface area contributed by atoms with Crippen molar-refractivity contribution >= 4 is 17.3 Å². The maximum atomic E-state index is 14.3. The Bertz CT molecular complexity index is 834. The highest BCUT2D eigenvalue weighted by Crippen LogP contribution is 2.38. The van der Waals surface area contributed by atoms with Crippen LogP contribution in [0.4, 0.5) is 10.1 Å². The number of rotatable bonds is 1. The number of amides is 1. The van der Waals surface area contributed by atoms with E-state index in [9.17, 15) is 9.18 Å². The van der Waals surface area contributed by atoms with Crippen molar-refractivity contribution in [2.45, 2.75) is 6.17 Å². The van der Waals surface area contributed by atoms with Gasteiger partial charge in [0.15, 0.2) is 6.17 Å². The van der Waals surface area contributed by atoms with Crippen molar-refractivity contribution in [1.82, 2.24) is 0 Å². The molecule has 0 aliphatic carbocycles. The molecule has 4 rings (SSSR count). The first-order valence-electron chi connectivity index (χ1n) is 7.32. The Morgan fingerprint density at radius 3 is 2.78 bits per heavy atom. The molecule has 2 aromatic carbocycles. The number of nitrogens with zero attached hydrogens (tertiary/aromatic N) is 2. The summed E-state index contributed by atoms with van der Waals surface area (Å²) in [5.74, 6) is -0.137. The number of benzene rings is 2. The van der Waals surface area contributed by atoms with Crippen molar-refractivity contribution in [3.63, 3.8) is 0 Å². The summed E-state index contributed by atoms with van der Waals surface area (Å²) in [7, 11) is 0. The van der Waals surface area contributed by atoms with Crippen molar-refractivity contribution in [3.8, 4) is 5.75 Å². The first-order chi connectivity index (χ1) is 11.2. The Kier molecular flexibility index (Phi) is 3.12. The molecule has 1 amide bonds. The van der Waals surface area contributed by atoms with Gasteiger partial charge in [-0.1, -0.05) is 24.3 Å². The third-order valence-electron chi connectivity index (χ3n) is 4.01. The van der Waals surface area contributed by atoms with Gasteiger partial charge >= 0.3 is 0 Å². The van der Waals surface area contributed by atoms with E-state index in [1.165, 1.54) is 6.07 Å². The number of para-hydroxylation sites is 1. The van der Waals surface area contributed by atoms with Gasteiger partial charge in [0.2, 0.25) is 0 Å². The van der Waals surface area contributed by atoms with Crippen LogP contribution in [0.1, 0.15) is 11.1 Å². The Morgan fingerprint density at radius 1 is 1.17 bits per heavy atom. The smallest absolute Gasteiger partial charge is 0.266 e. The summed E-state index contributed by atoms with van der Waals surface area (Å²) < 4.78 is 19.9. The molecule has 0 saturated heterocycles. The highest BCUT2D eigenvalue weighted by Gasteiger charge is 2.34. The quantitative estimate of drug-likeness (QED) is 0.871. The maximum Gasteiger partial charge on any atom is 0.266 e. The zero-order valence-electron chi connectivity index (χ0n) is 12.2. The lowest BCUT2D eigenvalue weighted by Gasteiger charge is -2.30. The fraction of sp³-hybridized carbons (Fsp3) is 0.176. The zero-order chi connectivity index (χ0) is 16.0. The molecule has 2 heterocycles. The standard InChI is InChI=1S/C17H14FN3O2/c18-12-6-2-1-4-10(12)14-11-5-3-7-13-15(11)21(8-9-23-13)17(22)16(19)20-14/h1-7,16H,8-9,19H2. The Hall–Kier alpha value is -2.73. The van der Waals surface area contributed by atoms with Crippen LogP contribution in [-0.2, 0) is 4.79 Å². The van der Waals surface area contributed by atoms with Crippen molar-refractivity contribution in [1.29, 1.82) is 0 Å². The number of aliphatic imine (C=N–C) groups is 1. The van der Waals surface area contributed by atoms with E-state index in [2.05, 4.69) is 4.99 Å². The Labute approximate surface area is 132 Å². The molecular formula is C17H14FN3O2. The van der Waals surface area contributed by atoms with Crippen LogP contribution in [-0.4, -0.2) is 30.9 Å². The molecule has 2 aliphatic heterocycles. The summed E-state index contributed by atoms with van der Waals surface area (Å²) >= 11 is 0. The molecule has 0 spiro atoms. The van der Waals surface area contributed by atoms with Gasteiger partial charge in [-0.3, -0.25) is 9.79 Å². The van der Waals surface area contributed by atoms with Gasteiger partial charge in [0, 0.05) is 11.1 Å². The largest absolute Gasteiger partial charge is 0.490 e. The van der Waals surface area contributed by atoms with E-state index in [1.807, 2.05) is 0 Å². The van der Waals surface area contributed by atoms with Gasteiger partial charge in [-0.2, -0.15) is 0 Å². The highest BCUT2D eigenvalue weighted by atomic mass is 19.1. The van der Waals surface area contributed by atoms with Gasteiger partial charge in [-0.25, -0.2) is 4.39 Å². The van der Waals surface area contributed by atoms with Gasteiger partial charge < -0.3 is 15.4 Å². The lowest BCUT2D eigenvalue weighted by molar-refractivity contribution is -0.119. The fourth-order valence-electron chi connectivity index (χ4n) is 2.98. The van der Waals surface area contributed by atoms with Crippen molar-refractivity contribution in [3.05, 3.63) is 59.4 Å². The predicted octanol–water partition coefficient (Wildman–Crippen LogP) is 1.69. The summed E-state index contributed by atoms with van der Waals surface area (Å²) in [6.45, 7) is 0.792. The van der Waals surface area contributed by atoms with E-state index in [4.69, 9.17) is 10.5 Å². The van der Waals surface area contributed by atoms with Crippen molar-refractivity contribution in [2.75, 3.05) is 18.1 Å². The van der Waals surface area contributed by atoms with Crippen LogP contribution in [0.2, 0.25) is 0 Å².